The van der Waals surface area contributed by atoms with Crippen LogP contribution in [0.1, 0.15) is 26.3 Å². The van der Waals surface area contributed by atoms with Crippen LogP contribution in [0.4, 0.5) is 23.4 Å². The molecule has 26 heavy (non-hydrogen) atoms. The van der Waals surface area contributed by atoms with Crippen LogP contribution in [0.3, 0.4) is 0 Å². The van der Waals surface area contributed by atoms with E-state index in [0.717, 1.165) is 38.3 Å². The molecule has 0 saturated carbocycles. The minimum atomic E-state index is -5.16. The fourth-order valence-corrected chi connectivity index (χ4v) is 2.62. The molecule has 1 aromatic rings. The average Bonchev–Trinajstić information content (AvgIpc) is 2.45. The third kappa shape index (κ3) is 8.28. The summed E-state index contributed by atoms with van der Waals surface area (Å²) in [6.45, 7) is 3.50. The number of amides is 1. The Morgan fingerprint density at radius 3 is 2.38 bits per heavy atom. The van der Waals surface area contributed by atoms with Gasteiger partial charge in [0.2, 0.25) is 0 Å². The zero-order valence-electron chi connectivity index (χ0n) is 15.7. The first-order chi connectivity index (χ1) is 11.5. The van der Waals surface area contributed by atoms with Gasteiger partial charge in [0.15, 0.2) is 0 Å². The first-order valence-corrected chi connectivity index (χ1v) is 8.30. The summed E-state index contributed by atoms with van der Waals surface area (Å²) in [7, 11) is 0. The Morgan fingerprint density at radius 1 is 1.23 bits per heavy atom. The summed E-state index contributed by atoms with van der Waals surface area (Å²) in [5.74, 6) is 0. The van der Waals surface area contributed by atoms with Gasteiger partial charge in [-0.15, -0.1) is 5.46 Å². The monoisotopic (exact) mass is 397 g/mol. The number of ether oxygens (including phenoxy) is 1. The van der Waals surface area contributed by atoms with Gasteiger partial charge in [-0.3, -0.25) is 10.2 Å². The maximum Gasteiger partial charge on any atom is 1.00 e. The number of nitrogens with zero attached hydrogens (tertiary/aromatic N) is 1. The first-order valence-electron chi connectivity index (χ1n) is 8.30. The molecule has 0 unspecified atom stereocenters. The van der Waals surface area contributed by atoms with Crippen LogP contribution in [0, 0.1) is 0 Å². The second-order valence-electron chi connectivity index (χ2n) is 7.19. The largest absolute Gasteiger partial charge is 1.00 e. The van der Waals surface area contributed by atoms with Crippen LogP contribution in [0.15, 0.2) is 18.2 Å². The zero-order valence-corrected chi connectivity index (χ0v) is 18.9. The van der Waals surface area contributed by atoms with Crippen LogP contribution in [0.25, 0.3) is 0 Å². The summed E-state index contributed by atoms with van der Waals surface area (Å²) in [5.41, 5.74) is -0.835. The van der Waals surface area contributed by atoms with Crippen LogP contribution in [0.5, 0.6) is 0 Å². The SMILES string of the molecule is CC(C)(C)OC(=O)Nc1cc(CN2CCNCC2)cc([B-](F)(F)F)c1.[K+]. The van der Waals surface area contributed by atoms with Crippen molar-refractivity contribution < 1.29 is 73.9 Å². The van der Waals surface area contributed by atoms with Crippen molar-refractivity contribution in [1.82, 2.24) is 10.2 Å². The Kier molecular flexibility index (Phi) is 9.12. The number of piperazine rings is 1. The third-order valence-corrected chi connectivity index (χ3v) is 3.65. The fourth-order valence-electron chi connectivity index (χ4n) is 2.62. The molecule has 2 N–H and O–H groups in total. The molecule has 0 aromatic heterocycles. The summed E-state index contributed by atoms with van der Waals surface area (Å²) in [6, 6.07) is 3.67. The van der Waals surface area contributed by atoms with Crippen molar-refractivity contribution in [3.63, 3.8) is 0 Å². The molecule has 1 aliphatic heterocycles. The number of benzene rings is 1. The van der Waals surface area contributed by atoms with Crippen LogP contribution < -0.4 is 67.5 Å². The van der Waals surface area contributed by atoms with Crippen molar-refractivity contribution in [3.05, 3.63) is 23.8 Å². The van der Waals surface area contributed by atoms with Crippen molar-refractivity contribution in [3.8, 4) is 0 Å². The van der Waals surface area contributed by atoms with E-state index in [-0.39, 0.29) is 57.1 Å². The molecular weight excluding hydrogens is 373 g/mol. The Labute approximate surface area is 194 Å². The first kappa shape index (κ1) is 23.9. The van der Waals surface area contributed by atoms with Gasteiger partial charge in [-0.05, 0) is 32.4 Å². The third-order valence-electron chi connectivity index (χ3n) is 3.65. The summed E-state index contributed by atoms with van der Waals surface area (Å²) < 4.78 is 44.8. The molecule has 1 aromatic carbocycles. The maximum atomic E-state index is 13.2. The Morgan fingerprint density at radius 2 is 1.85 bits per heavy atom. The minimum Gasteiger partial charge on any atom is -0.445 e. The quantitative estimate of drug-likeness (QED) is 0.673. The molecule has 0 radical (unpaired) electrons. The molecule has 2 rings (SSSR count). The normalized spacial score (nSPS) is 15.9. The molecule has 0 atom stereocenters. The summed E-state index contributed by atoms with van der Waals surface area (Å²) in [5, 5.41) is 5.61. The number of hydrogen-bond donors (Lipinski definition) is 2. The number of halogens is 3. The number of carbonyl (C=O) groups excluding carboxylic acids is 1. The van der Waals surface area contributed by atoms with Crippen LogP contribution in [-0.2, 0) is 11.3 Å². The molecule has 1 saturated heterocycles. The van der Waals surface area contributed by atoms with E-state index < -0.39 is 24.1 Å². The number of nitrogens with one attached hydrogen (secondary N) is 2. The predicted octanol–water partition coefficient (Wildman–Crippen LogP) is -0.503. The predicted molar refractivity (Wildman–Crippen MR) is 93.2 cm³/mol. The van der Waals surface area contributed by atoms with Crippen LogP contribution >= 0.6 is 0 Å². The molecule has 1 fully saturated rings. The Balaban J connectivity index is 0.00000338. The maximum absolute atomic E-state index is 13.2. The van der Waals surface area contributed by atoms with Crippen LogP contribution in [0.2, 0.25) is 0 Å². The molecule has 10 heteroatoms. The standard InChI is InChI=1S/C16H24BF3N3O2.K/c1-16(2,3)25-15(24)22-14-9-12(8-13(10-14)17(18,19)20)11-23-6-4-21-5-7-23;/h8-10,21H,4-7,11H2,1-3H3,(H,22,24);/q-1;+1. The average molecular weight is 397 g/mol. The van der Waals surface area contributed by atoms with Gasteiger partial charge >= 0.3 is 64.5 Å². The topological polar surface area (TPSA) is 53.6 Å². The summed E-state index contributed by atoms with van der Waals surface area (Å²) in [4.78, 5) is 13.9. The van der Waals surface area contributed by atoms with Crippen molar-refractivity contribution in [1.29, 1.82) is 0 Å². The van der Waals surface area contributed by atoms with E-state index in [2.05, 4.69) is 15.5 Å². The van der Waals surface area contributed by atoms with Gasteiger partial charge in [-0.2, -0.15) is 0 Å². The summed E-state index contributed by atoms with van der Waals surface area (Å²) >= 11 is 0. The molecule has 5 nitrogen and oxygen atoms in total. The van der Waals surface area contributed by atoms with Crippen molar-refractivity contribution in [2.45, 2.75) is 32.9 Å². The van der Waals surface area contributed by atoms with E-state index >= 15 is 0 Å². The van der Waals surface area contributed by atoms with Gasteiger partial charge in [0, 0.05) is 38.4 Å². The second-order valence-corrected chi connectivity index (χ2v) is 7.19. The smallest absolute Gasteiger partial charge is 0.445 e. The second kappa shape index (κ2) is 9.90. The number of rotatable bonds is 4. The molecular formula is C16H24BF3KN3O2. The van der Waals surface area contributed by atoms with Crippen molar-refractivity contribution >= 4 is 24.2 Å². The van der Waals surface area contributed by atoms with Gasteiger partial charge in [-0.25, -0.2) is 4.79 Å². The van der Waals surface area contributed by atoms with Gasteiger partial charge < -0.3 is 23.0 Å². The van der Waals surface area contributed by atoms with E-state index in [1.54, 1.807) is 26.8 Å². The number of anilines is 1. The molecule has 0 spiro atoms. The van der Waals surface area contributed by atoms with Crippen molar-refractivity contribution in [2.24, 2.45) is 0 Å². The Bertz CT molecular complexity index is 618. The molecule has 1 amide bonds. The van der Waals surface area contributed by atoms with E-state index in [1.807, 2.05) is 0 Å². The zero-order chi connectivity index (χ0) is 18.7. The van der Waals surface area contributed by atoms with E-state index in [9.17, 15) is 17.7 Å². The van der Waals surface area contributed by atoms with Gasteiger partial charge in [-0.1, -0.05) is 12.1 Å². The van der Waals surface area contributed by atoms with Crippen molar-refractivity contribution in [2.75, 3.05) is 31.5 Å². The number of hydrogen-bond acceptors (Lipinski definition) is 4. The van der Waals surface area contributed by atoms with Crippen LogP contribution in [-0.4, -0.2) is 49.8 Å². The molecule has 0 bridgehead atoms. The summed E-state index contributed by atoms with van der Waals surface area (Å²) in [6.07, 6.45) is -0.771. The van der Waals surface area contributed by atoms with E-state index in [4.69, 9.17) is 4.74 Å². The Hall–Kier alpha value is -0.0987. The van der Waals surface area contributed by atoms with Gasteiger partial charge in [0.25, 0.3) is 0 Å². The van der Waals surface area contributed by atoms with E-state index in [0.29, 0.717) is 12.1 Å². The van der Waals surface area contributed by atoms with E-state index in [1.165, 1.54) is 0 Å². The van der Waals surface area contributed by atoms with Gasteiger partial charge in [0.1, 0.15) is 5.60 Å². The molecule has 140 valence electrons. The molecule has 0 aliphatic carbocycles. The molecule has 1 aliphatic rings. The van der Waals surface area contributed by atoms with Gasteiger partial charge in [0.05, 0.1) is 0 Å². The minimum absolute atomic E-state index is 0. The number of carbonyl (C=O) groups is 1. The molecule has 1 heterocycles. The fraction of sp³-hybridized carbons (Fsp3) is 0.562.